The van der Waals surface area contributed by atoms with Crippen LogP contribution in [0.3, 0.4) is 0 Å². The summed E-state index contributed by atoms with van der Waals surface area (Å²) < 4.78 is 25.7. The van der Waals surface area contributed by atoms with Crippen molar-refractivity contribution in [2.24, 2.45) is 0 Å². The van der Waals surface area contributed by atoms with Gasteiger partial charge < -0.3 is 10.2 Å². The summed E-state index contributed by atoms with van der Waals surface area (Å²) in [4.78, 5) is 10.6. The molecular formula is C10H13NO5S. The van der Waals surface area contributed by atoms with Crippen LogP contribution in [-0.2, 0) is 10.0 Å². The van der Waals surface area contributed by atoms with Crippen molar-refractivity contribution in [2.45, 2.75) is 17.9 Å². The van der Waals surface area contributed by atoms with Gasteiger partial charge in [0.05, 0.1) is 16.6 Å². The maximum absolute atomic E-state index is 11.8. The van der Waals surface area contributed by atoms with E-state index in [0.717, 1.165) is 0 Å². The van der Waals surface area contributed by atoms with Crippen LogP contribution < -0.4 is 4.72 Å². The van der Waals surface area contributed by atoms with Crippen LogP contribution >= 0.6 is 0 Å². The maximum atomic E-state index is 11.8. The minimum atomic E-state index is -3.92. The predicted octanol–water partition coefficient (Wildman–Crippen LogP) is 0.0439. The van der Waals surface area contributed by atoms with E-state index < -0.39 is 22.1 Å². The SMILES string of the molecule is C[C@H](O)CNS(=O)(=O)c1ccccc1C(=O)O. The molecule has 0 aliphatic carbocycles. The molecule has 0 unspecified atom stereocenters. The number of sulfonamides is 1. The van der Waals surface area contributed by atoms with E-state index in [1.54, 1.807) is 0 Å². The third kappa shape index (κ3) is 3.52. The number of hydrogen-bond donors (Lipinski definition) is 3. The molecule has 1 aromatic rings. The fourth-order valence-corrected chi connectivity index (χ4v) is 2.50. The van der Waals surface area contributed by atoms with Gasteiger partial charge in [-0.05, 0) is 19.1 Å². The average molecular weight is 259 g/mol. The van der Waals surface area contributed by atoms with Crippen LogP contribution in [0.25, 0.3) is 0 Å². The highest BCUT2D eigenvalue weighted by Crippen LogP contribution is 2.14. The number of carboxylic acids is 1. The summed E-state index contributed by atoms with van der Waals surface area (Å²) in [5, 5.41) is 17.9. The predicted molar refractivity (Wildman–Crippen MR) is 60.3 cm³/mol. The molecule has 0 bridgehead atoms. The van der Waals surface area contributed by atoms with Gasteiger partial charge in [0.2, 0.25) is 10.0 Å². The van der Waals surface area contributed by atoms with Gasteiger partial charge in [0.15, 0.2) is 0 Å². The van der Waals surface area contributed by atoms with Crippen LogP contribution in [0.15, 0.2) is 29.2 Å². The Morgan fingerprint density at radius 2 is 2.00 bits per heavy atom. The van der Waals surface area contributed by atoms with E-state index in [9.17, 15) is 13.2 Å². The zero-order valence-corrected chi connectivity index (χ0v) is 9.94. The molecule has 1 aromatic carbocycles. The van der Waals surface area contributed by atoms with Crippen LogP contribution in [-0.4, -0.2) is 37.2 Å². The highest BCUT2D eigenvalue weighted by atomic mass is 32.2. The van der Waals surface area contributed by atoms with Crippen LogP contribution in [0.5, 0.6) is 0 Å². The first-order valence-corrected chi connectivity index (χ1v) is 6.33. The van der Waals surface area contributed by atoms with Gasteiger partial charge in [0, 0.05) is 6.54 Å². The number of aromatic carboxylic acids is 1. The second-order valence-electron chi connectivity index (χ2n) is 3.50. The third-order valence-corrected chi connectivity index (χ3v) is 3.46. The molecule has 0 saturated carbocycles. The summed E-state index contributed by atoms with van der Waals surface area (Å²) in [5.74, 6) is -1.32. The van der Waals surface area contributed by atoms with Gasteiger partial charge in [0.25, 0.3) is 0 Å². The second-order valence-corrected chi connectivity index (χ2v) is 5.24. The molecule has 0 fully saturated rings. The lowest BCUT2D eigenvalue weighted by Crippen LogP contribution is -2.31. The van der Waals surface area contributed by atoms with E-state index in [-0.39, 0.29) is 17.0 Å². The minimum absolute atomic E-state index is 0.170. The summed E-state index contributed by atoms with van der Waals surface area (Å²) in [7, 11) is -3.92. The van der Waals surface area contributed by atoms with E-state index in [0.29, 0.717) is 0 Å². The number of aliphatic hydroxyl groups excluding tert-OH is 1. The highest BCUT2D eigenvalue weighted by molar-refractivity contribution is 7.89. The first kappa shape index (κ1) is 13.6. The number of hydrogen-bond acceptors (Lipinski definition) is 4. The summed E-state index contributed by atoms with van der Waals surface area (Å²) >= 11 is 0. The first-order valence-electron chi connectivity index (χ1n) is 4.84. The van der Waals surface area contributed by atoms with Crippen molar-refractivity contribution in [3.8, 4) is 0 Å². The Hall–Kier alpha value is -1.44. The Balaban J connectivity index is 3.11. The van der Waals surface area contributed by atoms with E-state index in [1.165, 1.54) is 31.2 Å². The van der Waals surface area contributed by atoms with Crippen LogP contribution in [0.4, 0.5) is 0 Å². The smallest absolute Gasteiger partial charge is 0.337 e. The fraction of sp³-hybridized carbons (Fsp3) is 0.300. The lowest BCUT2D eigenvalue weighted by Gasteiger charge is -2.10. The van der Waals surface area contributed by atoms with Gasteiger partial charge >= 0.3 is 5.97 Å². The largest absolute Gasteiger partial charge is 0.478 e. The fourth-order valence-electron chi connectivity index (χ4n) is 1.19. The molecule has 6 nitrogen and oxygen atoms in total. The van der Waals surface area contributed by atoms with E-state index in [2.05, 4.69) is 4.72 Å². The molecule has 7 heteroatoms. The maximum Gasteiger partial charge on any atom is 0.337 e. The van der Waals surface area contributed by atoms with Crippen molar-refractivity contribution < 1.29 is 23.4 Å². The Labute approximate surface area is 99.0 Å². The number of rotatable bonds is 5. The van der Waals surface area contributed by atoms with Crippen LogP contribution in [0.1, 0.15) is 17.3 Å². The molecule has 1 atom stereocenters. The van der Waals surface area contributed by atoms with E-state index in [4.69, 9.17) is 10.2 Å². The van der Waals surface area contributed by atoms with Crippen molar-refractivity contribution in [3.05, 3.63) is 29.8 Å². The first-order chi connectivity index (χ1) is 7.84. The Bertz CT molecular complexity index is 509. The van der Waals surface area contributed by atoms with Crippen molar-refractivity contribution >= 4 is 16.0 Å². The number of carbonyl (C=O) groups is 1. The quantitative estimate of drug-likeness (QED) is 0.693. The molecule has 1 rings (SSSR count). The van der Waals surface area contributed by atoms with Gasteiger partial charge in [-0.25, -0.2) is 17.9 Å². The lowest BCUT2D eigenvalue weighted by atomic mass is 10.2. The summed E-state index contributed by atoms with van der Waals surface area (Å²) in [6, 6.07) is 5.29. The Morgan fingerprint density at radius 3 is 2.53 bits per heavy atom. The van der Waals surface area contributed by atoms with Crippen molar-refractivity contribution in [2.75, 3.05) is 6.54 Å². The number of nitrogens with one attached hydrogen (secondary N) is 1. The molecule has 0 radical (unpaired) electrons. The van der Waals surface area contributed by atoms with Crippen molar-refractivity contribution in [3.63, 3.8) is 0 Å². The normalized spacial score (nSPS) is 13.3. The molecule has 94 valence electrons. The Kier molecular flexibility index (Phi) is 4.22. The monoisotopic (exact) mass is 259 g/mol. The minimum Gasteiger partial charge on any atom is -0.478 e. The van der Waals surface area contributed by atoms with Crippen LogP contribution in [0.2, 0.25) is 0 Å². The molecule has 0 heterocycles. The van der Waals surface area contributed by atoms with Crippen molar-refractivity contribution in [1.29, 1.82) is 0 Å². The average Bonchev–Trinajstić information content (AvgIpc) is 2.26. The summed E-state index contributed by atoms with van der Waals surface area (Å²) in [6.45, 7) is 1.25. The number of aliphatic hydroxyl groups is 1. The standard InChI is InChI=1S/C10H13NO5S/c1-7(12)6-11-17(15,16)9-5-3-2-4-8(9)10(13)14/h2-5,7,11-12H,6H2,1H3,(H,13,14)/t7-/m0/s1. The van der Waals surface area contributed by atoms with Gasteiger partial charge in [-0.2, -0.15) is 0 Å². The molecular weight excluding hydrogens is 246 g/mol. The van der Waals surface area contributed by atoms with Crippen LogP contribution in [0, 0.1) is 0 Å². The van der Waals surface area contributed by atoms with Gasteiger partial charge in [0.1, 0.15) is 0 Å². The van der Waals surface area contributed by atoms with E-state index in [1.807, 2.05) is 0 Å². The summed E-state index contributed by atoms with van der Waals surface area (Å²) in [6.07, 6.45) is -0.846. The zero-order valence-electron chi connectivity index (χ0n) is 9.12. The van der Waals surface area contributed by atoms with Gasteiger partial charge in [-0.1, -0.05) is 12.1 Å². The van der Waals surface area contributed by atoms with Gasteiger partial charge in [-0.3, -0.25) is 0 Å². The van der Waals surface area contributed by atoms with Gasteiger partial charge in [-0.15, -0.1) is 0 Å². The summed E-state index contributed by atoms with van der Waals surface area (Å²) in [5.41, 5.74) is -0.300. The van der Waals surface area contributed by atoms with Crippen molar-refractivity contribution in [1.82, 2.24) is 4.72 Å². The molecule has 17 heavy (non-hydrogen) atoms. The van der Waals surface area contributed by atoms with E-state index >= 15 is 0 Å². The highest BCUT2D eigenvalue weighted by Gasteiger charge is 2.21. The second kappa shape index (κ2) is 5.26. The number of carboxylic acid groups (broad SMARTS) is 1. The molecule has 0 aromatic heterocycles. The molecule has 3 N–H and O–H groups in total. The molecule has 0 aliphatic heterocycles. The zero-order chi connectivity index (χ0) is 13.1. The topological polar surface area (TPSA) is 104 Å². The molecule has 0 aliphatic rings. The lowest BCUT2D eigenvalue weighted by molar-refractivity contribution is 0.0692. The molecule has 0 spiro atoms. The Morgan fingerprint density at radius 1 is 1.41 bits per heavy atom. The third-order valence-electron chi connectivity index (χ3n) is 1.98. The molecule has 0 amide bonds. The number of benzene rings is 1. The molecule has 0 saturated heterocycles.